The summed E-state index contributed by atoms with van der Waals surface area (Å²) in [6.07, 6.45) is 0.406. The molecule has 0 aromatic carbocycles. The van der Waals surface area contributed by atoms with Crippen LogP contribution in [0, 0.1) is 11.8 Å². The molecule has 2 rings (SSSR count). The number of carbonyl (C=O) groups excluding carboxylic acids is 1. The van der Waals surface area contributed by atoms with Gasteiger partial charge in [0.1, 0.15) is 5.60 Å². The van der Waals surface area contributed by atoms with Gasteiger partial charge in [-0.1, -0.05) is 0 Å². The number of likely N-dealkylation sites (tertiary alicyclic amines) is 1. The Kier molecular flexibility index (Phi) is 2.41. The normalized spacial score (nSPS) is 34.7. The van der Waals surface area contributed by atoms with E-state index in [1.54, 1.807) is 4.90 Å². The van der Waals surface area contributed by atoms with Crippen LogP contribution in [0.4, 0.5) is 4.79 Å². The summed E-state index contributed by atoms with van der Waals surface area (Å²) in [6, 6.07) is 0. The zero-order chi connectivity index (χ0) is 11.2. The summed E-state index contributed by atoms with van der Waals surface area (Å²) in [6.45, 7) is 6.73. The topological polar surface area (TPSA) is 49.8 Å². The van der Waals surface area contributed by atoms with Crippen LogP contribution in [-0.2, 0) is 4.74 Å². The van der Waals surface area contributed by atoms with Gasteiger partial charge < -0.3 is 14.7 Å². The Labute approximate surface area is 90.2 Å². The number of nitrogens with zero attached hydrogens (tertiary/aromatic N) is 1. The maximum absolute atomic E-state index is 11.7. The van der Waals surface area contributed by atoms with Gasteiger partial charge in [-0.25, -0.2) is 4.79 Å². The largest absolute Gasteiger partial charge is 0.444 e. The third-order valence-electron chi connectivity index (χ3n) is 2.99. The maximum Gasteiger partial charge on any atom is 0.410 e. The third kappa shape index (κ3) is 2.43. The Hall–Kier alpha value is -0.770. The molecule has 1 aliphatic carbocycles. The molecule has 0 radical (unpaired) electrons. The van der Waals surface area contributed by atoms with Crippen LogP contribution in [0.1, 0.15) is 27.2 Å². The zero-order valence-electron chi connectivity index (χ0n) is 9.56. The molecule has 4 nitrogen and oxygen atoms in total. The third-order valence-corrected chi connectivity index (χ3v) is 2.99. The van der Waals surface area contributed by atoms with Crippen molar-refractivity contribution in [2.45, 2.75) is 38.9 Å². The molecule has 3 atom stereocenters. The number of ether oxygens (including phenoxy) is 1. The van der Waals surface area contributed by atoms with Crippen molar-refractivity contribution in [2.75, 3.05) is 13.1 Å². The molecule has 15 heavy (non-hydrogen) atoms. The van der Waals surface area contributed by atoms with Crippen LogP contribution >= 0.6 is 0 Å². The second kappa shape index (κ2) is 3.37. The molecule has 86 valence electrons. The van der Waals surface area contributed by atoms with Crippen molar-refractivity contribution in [2.24, 2.45) is 11.8 Å². The average molecular weight is 213 g/mol. The highest BCUT2D eigenvalue weighted by Gasteiger charge is 2.48. The fraction of sp³-hybridized carbons (Fsp3) is 0.909. The number of carbonyl (C=O) groups is 1. The standard InChI is InChI=1S/C11H19NO3/c1-11(2,3)15-10(14)12-5-7-4-8(7)9(13)6-12/h7-9,13H,4-6H2,1-3H3/t7-,8?,9-/m0/s1. The Morgan fingerprint density at radius 2 is 2.07 bits per heavy atom. The number of hydrogen-bond acceptors (Lipinski definition) is 3. The molecule has 2 aliphatic rings. The maximum atomic E-state index is 11.7. The molecule has 1 amide bonds. The first-order valence-electron chi connectivity index (χ1n) is 5.53. The van der Waals surface area contributed by atoms with Gasteiger partial charge in [-0.2, -0.15) is 0 Å². The van der Waals surface area contributed by atoms with Crippen LogP contribution in [0.2, 0.25) is 0 Å². The summed E-state index contributed by atoms with van der Waals surface area (Å²) in [5.74, 6) is 0.935. The lowest BCUT2D eigenvalue weighted by molar-refractivity contribution is 0.00134. The van der Waals surface area contributed by atoms with Crippen molar-refractivity contribution in [1.82, 2.24) is 4.90 Å². The molecule has 1 N–H and O–H groups in total. The molecule has 1 unspecified atom stereocenters. The molecule has 1 saturated carbocycles. The smallest absolute Gasteiger partial charge is 0.410 e. The Morgan fingerprint density at radius 1 is 1.40 bits per heavy atom. The number of β-amino-alcohol motifs (C(OH)–C–C–N with tert-alkyl or cyclic N) is 1. The number of aliphatic hydroxyl groups is 1. The van der Waals surface area contributed by atoms with Gasteiger partial charge in [0.15, 0.2) is 0 Å². The highest BCUT2D eigenvalue weighted by Crippen LogP contribution is 2.45. The van der Waals surface area contributed by atoms with Crippen LogP contribution in [0.25, 0.3) is 0 Å². The van der Waals surface area contributed by atoms with Crippen molar-refractivity contribution in [3.05, 3.63) is 0 Å². The van der Waals surface area contributed by atoms with Crippen LogP contribution in [-0.4, -0.2) is 40.9 Å². The highest BCUT2D eigenvalue weighted by atomic mass is 16.6. The summed E-state index contributed by atoms with van der Waals surface area (Å²) in [4.78, 5) is 13.3. The summed E-state index contributed by atoms with van der Waals surface area (Å²) in [5.41, 5.74) is -0.456. The van der Waals surface area contributed by atoms with E-state index in [4.69, 9.17) is 4.74 Å². The van der Waals surface area contributed by atoms with E-state index in [-0.39, 0.29) is 12.2 Å². The fourth-order valence-corrected chi connectivity index (χ4v) is 2.15. The molecule has 2 fully saturated rings. The Bertz CT molecular complexity index is 271. The number of aliphatic hydroxyl groups excluding tert-OH is 1. The first kappa shape index (κ1) is 10.7. The van der Waals surface area contributed by atoms with Crippen LogP contribution in [0.15, 0.2) is 0 Å². The molecule has 0 aromatic heterocycles. The summed E-state index contributed by atoms with van der Waals surface area (Å²) in [5, 5.41) is 9.69. The molecule has 0 bridgehead atoms. The second-order valence-corrected chi connectivity index (χ2v) is 5.61. The van der Waals surface area contributed by atoms with Crippen LogP contribution in [0.3, 0.4) is 0 Å². The quantitative estimate of drug-likeness (QED) is 0.658. The average Bonchev–Trinajstić information content (AvgIpc) is 2.79. The number of rotatable bonds is 0. The first-order chi connectivity index (χ1) is 6.87. The first-order valence-corrected chi connectivity index (χ1v) is 5.53. The van der Waals surface area contributed by atoms with Gasteiger partial charge in [0.05, 0.1) is 12.6 Å². The van der Waals surface area contributed by atoms with E-state index in [1.807, 2.05) is 20.8 Å². The van der Waals surface area contributed by atoms with Gasteiger partial charge in [-0.05, 0) is 39.0 Å². The molecule has 1 aliphatic heterocycles. The molecule has 4 heteroatoms. The lowest BCUT2D eigenvalue weighted by Crippen LogP contribution is -2.45. The predicted molar refractivity (Wildman–Crippen MR) is 55.4 cm³/mol. The van der Waals surface area contributed by atoms with Gasteiger partial charge in [-0.3, -0.25) is 0 Å². The monoisotopic (exact) mass is 213 g/mol. The molecule has 1 saturated heterocycles. The van der Waals surface area contributed by atoms with E-state index in [0.29, 0.717) is 18.4 Å². The minimum Gasteiger partial charge on any atom is -0.444 e. The van der Waals surface area contributed by atoms with Crippen LogP contribution in [0.5, 0.6) is 0 Å². The minimum atomic E-state index is -0.456. The van der Waals surface area contributed by atoms with Gasteiger partial charge in [-0.15, -0.1) is 0 Å². The van der Waals surface area contributed by atoms with Gasteiger partial charge in [0.2, 0.25) is 0 Å². The van der Waals surface area contributed by atoms with Crippen molar-refractivity contribution < 1.29 is 14.6 Å². The fourth-order valence-electron chi connectivity index (χ4n) is 2.15. The highest BCUT2D eigenvalue weighted by molar-refractivity contribution is 5.68. The second-order valence-electron chi connectivity index (χ2n) is 5.61. The SMILES string of the molecule is CC(C)(C)OC(=O)N1C[C@@H]2CC2[C@@H](O)C1. The lowest BCUT2D eigenvalue weighted by atomic mass is 10.1. The molecule has 1 heterocycles. The van der Waals surface area contributed by atoms with Crippen molar-refractivity contribution >= 4 is 6.09 Å². The van der Waals surface area contributed by atoms with Gasteiger partial charge in [0.25, 0.3) is 0 Å². The summed E-state index contributed by atoms with van der Waals surface area (Å²) >= 11 is 0. The van der Waals surface area contributed by atoms with Crippen molar-refractivity contribution in [1.29, 1.82) is 0 Å². The minimum absolute atomic E-state index is 0.299. The van der Waals surface area contributed by atoms with E-state index in [1.165, 1.54) is 0 Å². The van der Waals surface area contributed by atoms with E-state index in [2.05, 4.69) is 0 Å². The van der Waals surface area contributed by atoms with E-state index < -0.39 is 5.60 Å². The predicted octanol–water partition coefficient (Wildman–Crippen LogP) is 1.23. The molecular formula is C11H19NO3. The number of fused-ring (bicyclic) bond motifs is 1. The summed E-state index contributed by atoms with van der Waals surface area (Å²) < 4.78 is 5.27. The van der Waals surface area contributed by atoms with Crippen molar-refractivity contribution in [3.8, 4) is 0 Å². The number of piperidine rings is 1. The molecule has 0 spiro atoms. The number of amides is 1. The molecular weight excluding hydrogens is 194 g/mol. The number of hydrogen-bond donors (Lipinski definition) is 1. The van der Waals surface area contributed by atoms with Gasteiger partial charge in [0, 0.05) is 6.54 Å². The van der Waals surface area contributed by atoms with Crippen molar-refractivity contribution in [3.63, 3.8) is 0 Å². The van der Waals surface area contributed by atoms with Crippen LogP contribution < -0.4 is 0 Å². The van der Waals surface area contributed by atoms with E-state index >= 15 is 0 Å². The Balaban J connectivity index is 1.90. The van der Waals surface area contributed by atoms with E-state index in [0.717, 1.165) is 13.0 Å². The lowest BCUT2D eigenvalue weighted by Gasteiger charge is -2.31. The summed E-state index contributed by atoms with van der Waals surface area (Å²) in [7, 11) is 0. The Morgan fingerprint density at radius 3 is 2.60 bits per heavy atom. The molecule has 0 aromatic rings. The zero-order valence-corrected chi connectivity index (χ0v) is 9.56. The van der Waals surface area contributed by atoms with Gasteiger partial charge >= 0.3 is 6.09 Å². The van der Waals surface area contributed by atoms with E-state index in [9.17, 15) is 9.90 Å².